The van der Waals surface area contributed by atoms with E-state index in [0.717, 1.165) is 22.7 Å². The number of aromatic nitrogens is 1. The molecule has 1 N–H and O–H groups in total. The summed E-state index contributed by atoms with van der Waals surface area (Å²) < 4.78 is 15.8. The van der Waals surface area contributed by atoms with Crippen LogP contribution in [-0.2, 0) is 14.3 Å². The second-order valence-corrected chi connectivity index (χ2v) is 9.94. The quantitative estimate of drug-likeness (QED) is 0.214. The number of ketones is 1. The van der Waals surface area contributed by atoms with Gasteiger partial charge in [0.15, 0.2) is 23.9 Å². The third kappa shape index (κ3) is 4.39. The van der Waals surface area contributed by atoms with Crippen LogP contribution in [0.5, 0.6) is 11.5 Å². The number of H-pyrrole nitrogens is 1. The lowest BCUT2D eigenvalue weighted by molar-refractivity contribution is -0.121. The van der Waals surface area contributed by atoms with Crippen molar-refractivity contribution in [2.75, 3.05) is 18.3 Å². The molecule has 2 aliphatic heterocycles. The van der Waals surface area contributed by atoms with Crippen LogP contribution in [0.4, 0.5) is 5.69 Å². The van der Waals surface area contributed by atoms with E-state index in [0.29, 0.717) is 27.6 Å². The number of ether oxygens (including phenoxy) is 3. The van der Waals surface area contributed by atoms with Crippen molar-refractivity contribution in [3.8, 4) is 11.5 Å². The van der Waals surface area contributed by atoms with E-state index in [2.05, 4.69) is 4.98 Å². The summed E-state index contributed by atoms with van der Waals surface area (Å²) in [5.74, 6) is -0.754. The van der Waals surface area contributed by atoms with Crippen molar-refractivity contribution in [1.82, 2.24) is 4.98 Å². The van der Waals surface area contributed by atoms with E-state index in [-0.39, 0.29) is 30.6 Å². The number of nitrogens with zero attached hydrogens (tertiary/aromatic N) is 1. The predicted octanol–water partition coefficient (Wildman–Crippen LogP) is 4.36. The fourth-order valence-electron chi connectivity index (χ4n) is 4.40. The van der Waals surface area contributed by atoms with Crippen molar-refractivity contribution in [2.45, 2.75) is 16.6 Å². The molecule has 1 atom stereocenters. The highest BCUT2D eigenvalue weighted by Crippen LogP contribution is 2.36. The summed E-state index contributed by atoms with van der Waals surface area (Å²) >= 11 is 1.13. The standard InChI is InChI=1S/C28H20N2O7S/c31-21(17-6-8-22-23(11-17)37-15-36-22)14-35-28(34)19-3-1-2-4-24(19)38-25-13-26(32)30(27(25)33)18-7-5-16-9-10-29-20(16)12-18/h1-12,25,29H,13-15H2. The molecular weight excluding hydrogens is 508 g/mol. The van der Waals surface area contributed by atoms with Gasteiger partial charge < -0.3 is 19.2 Å². The Morgan fingerprint density at radius 1 is 1.00 bits per heavy atom. The van der Waals surface area contributed by atoms with Gasteiger partial charge in [0, 0.05) is 28.6 Å². The molecule has 0 aliphatic carbocycles. The van der Waals surface area contributed by atoms with Crippen LogP contribution in [0.25, 0.3) is 10.9 Å². The molecule has 0 bridgehead atoms. The van der Waals surface area contributed by atoms with Crippen LogP contribution in [0.15, 0.2) is 77.8 Å². The van der Waals surface area contributed by atoms with Gasteiger partial charge in [-0.15, -0.1) is 11.8 Å². The van der Waals surface area contributed by atoms with E-state index >= 15 is 0 Å². The monoisotopic (exact) mass is 528 g/mol. The minimum atomic E-state index is -0.703. The Morgan fingerprint density at radius 3 is 2.74 bits per heavy atom. The van der Waals surface area contributed by atoms with Gasteiger partial charge in [0.25, 0.3) is 0 Å². The Kier molecular flexibility index (Phi) is 6.09. The lowest BCUT2D eigenvalue weighted by atomic mass is 10.1. The Labute approximate surface area is 220 Å². The molecule has 3 heterocycles. The summed E-state index contributed by atoms with van der Waals surface area (Å²) in [4.78, 5) is 56.3. The third-order valence-corrected chi connectivity index (χ3v) is 7.57. The molecule has 1 fully saturated rings. The minimum Gasteiger partial charge on any atom is -0.454 e. The number of thioether (sulfide) groups is 1. The molecule has 0 spiro atoms. The van der Waals surface area contributed by atoms with Crippen LogP contribution in [0.1, 0.15) is 27.1 Å². The average Bonchev–Trinajstić information content (AvgIpc) is 3.65. The summed E-state index contributed by atoms with van der Waals surface area (Å²) in [5.41, 5.74) is 1.86. The summed E-state index contributed by atoms with van der Waals surface area (Å²) in [6, 6.07) is 18.7. The van der Waals surface area contributed by atoms with Gasteiger partial charge in [0.05, 0.1) is 16.5 Å². The van der Waals surface area contributed by atoms with Crippen LogP contribution < -0.4 is 14.4 Å². The number of carbonyl (C=O) groups excluding carboxylic acids is 4. The zero-order chi connectivity index (χ0) is 26.2. The van der Waals surface area contributed by atoms with Gasteiger partial charge in [-0.3, -0.25) is 14.4 Å². The molecule has 4 aromatic rings. The lowest BCUT2D eigenvalue weighted by Gasteiger charge is -2.16. The maximum atomic E-state index is 13.2. The number of imide groups is 1. The van der Waals surface area contributed by atoms with Crippen LogP contribution in [-0.4, -0.2) is 47.2 Å². The number of benzene rings is 3. The van der Waals surface area contributed by atoms with Crippen LogP contribution in [0, 0.1) is 0 Å². The fraction of sp³-hybridized carbons (Fsp3) is 0.143. The number of aromatic amines is 1. The normalized spacial score (nSPS) is 16.3. The molecule has 3 aromatic carbocycles. The number of carbonyl (C=O) groups is 4. The number of anilines is 1. The first-order chi connectivity index (χ1) is 18.5. The summed E-state index contributed by atoms with van der Waals surface area (Å²) in [6.45, 7) is -0.376. The van der Waals surface area contributed by atoms with Gasteiger partial charge in [-0.25, -0.2) is 9.69 Å². The Balaban J connectivity index is 1.14. The van der Waals surface area contributed by atoms with Gasteiger partial charge in [0.1, 0.15) is 0 Å². The molecule has 2 amide bonds. The topological polar surface area (TPSA) is 115 Å². The maximum absolute atomic E-state index is 13.2. The predicted molar refractivity (Wildman–Crippen MR) is 139 cm³/mol. The van der Waals surface area contributed by atoms with E-state index in [9.17, 15) is 19.2 Å². The van der Waals surface area contributed by atoms with Gasteiger partial charge in [0.2, 0.25) is 18.6 Å². The number of amides is 2. The Bertz CT molecular complexity index is 1610. The third-order valence-electron chi connectivity index (χ3n) is 6.31. The average molecular weight is 529 g/mol. The number of hydrogen-bond donors (Lipinski definition) is 1. The number of nitrogens with one attached hydrogen (secondary N) is 1. The first-order valence-corrected chi connectivity index (χ1v) is 12.7. The van der Waals surface area contributed by atoms with Crippen molar-refractivity contribution in [2.24, 2.45) is 0 Å². The second-order valence-electron chi connectivity index (χ2n) is 8.69. The van der Waals surface area contributed by atoms with E-state index in [1.54, 1.807) is 60.8 Å². The van der Waals surface area contributed by atoms with E-state index in [1.807, 2.05) is 12.1 Å². The molecule has 1 aromatic heterocycles. The second kappa shape index (κ2) is 9.71. The lowest BCUT2D eigenvalue weighted by Crippen LogP contribution is -2.31. The molecule has 1 saturated heterocycles. The number of esters is 1. The van der Waals surface area contributed by atoms with Crippen LogP contribution >= 0.6 is 11.8 Å². The van der Waals surface area contributed by atoms with Crippen molar-refractivity contribution < 1.29 is 33.4 Å². The highest BCUT2D eigenvalue weighted by Gasteiger charge is 2.40. The molecule has 9 nitrogen and oxygen atoms in total. The van der Waals surface area contributed by atoms with Crippen molar-refractivity contribution in [1.29, 1.82) is 0 Å². The zero-order valence-corrected chi connectivity index (χ0v) is 20.7. The molecule has 10 heteroatoms. The summed E-state index contributed by atoms with van der Waals surface area (Å²) in [7, 11) is 0. The number of fused-ring (bicyclic) bond motifs is 2. The number of Topliss-reactive ketones (excluding diaryl/α,β-unsaturated/α-hetero) is 1. The summed E-state index contributed by atoms with van der Waals surface area (Å²) in [6.07, 6.45) is 1.79. The number of hydrogen-bond acceptors (Lipinski definition) is 8. The van der Waals surface area contributed by atoms with Crippen molar-refractivity contribution >= 4 is 51.9 Å². The van der Waals surface area contributed by atoms with Gasteiger partial charge in [-0.2, -0.15) is 0 Å². The Morgan fingerprint density at radius 2 is 1.84 bits per heavy atom. The molecular formula is C28H20N2O7S. The van der Waals surface area contributed by atoms with E-state index in [1.165, 1.54) is 4.90 Å². The van der Waals surface area contributed by atoms with Crippen LogP contribution in [0.3, 0.4) is 0 Å². The molecule has 38 heavy (non-hydrogen) atoms. The molecule has 6 rings (SSSR count). The highest BCUT2D eigenvalue weighted by molar-refractivity contribution is 8.00. The molecule has 0 radical (unpaired) electrons. The fourth-order valence-corrected chi connectivity index (χ4v) is 5.57. The minimum absolute atomic E-state index is 0.00174. The largest absolute Gasteiger partial charge is 0.454 e. The van der Waals surface area contributed by atoms with E-state index in [4.69, 9.17) is 14.2 Å². The molecule has 1 unspecified atom stereocenters. The molecule has 0 saturated carbocycles. The van der Waals surface area contributed by atoms with Gasteiger partial charge in [-0.1, -0.05) is 18.2 Å². The summed E-state index contributed by atoms with van der Waals surface area (Å²) in [5, 5.41) is 0.272. The van der Waals surface area contributed by atoms with E-state index < -0.39 is 23.6 Å². The van der Waals surface area contributed by atoms with Crippen molar-refractivity contribution in [3.63, 3.8) is 0 Å². The first-order valence-electron chi connectivity index (χ1n) is 11.8. The zero-order valence-electron chi connectivity index (χ0n) is 19.8. The van der Waals surface area contributed by atoms with Crippen LogP contribution in [0.2, 0.25) is 0 Å². The number of rotatable bonds is 7. The maximum Gasteiger partial charge on any atom is 0.339 e. The molecule has 2 aliphatic rings. The van der Waals surface area contributed by atoms with Gasteiger partial charge in [-0.05, 0) is 53.9 Å². The van der Waals surface area contributed by atoms with Crippen molar-refractivity contribution in [3.05, 3.63) is 84.1 Å². The highest BCUT2D eigenvalue weighted by atomic mass is 32.2. The smallest absolute Gasteiger partial charge is 0.339 e. The SMILES string of the molecule is O=C(COC(=O)c1ccccc1SC1CC(=O)N(c2ccc3cc[nH]c3c2)C1=O)c1ccc2c(c1)OCO2. The Hall–Kier alpha value is -4.57. The molecule has 190 valence electrons. The first kappa shape index (κ1) is 23.8. The van der Waals surface area contributed by atoms with Gasteiger partial charge >= 0.3 is 5.97 Å².